The maximum Gasteiger partial charge on any atom is 0.164 e. The first kappa shape index (κ1) is 22.9. The van der Waals surface area contributed by atoms with Crippen molar-refractivity contribution >= 4 is 28.0 Å². The van der Waals surface area contributed by atoms with Crippen LogP contribution >= 0.6 is 0 Å². The van der Waals surface area contributed by atoms with E-state index in [-0.39, 0.29) is 0 Å². The number of hydrogen-bond donors (Lipinski definition) is 2. The minimum absolute atomic E-state index is 0.417. The predicted molar refractivity (Wildman–Crippen MR) is 142 cm³/mol. The van der Waals surface area contributed by atoms with Crippen molar-refractivity contribution in [1.29, 1.82) is 0 Å². The molecule has 2 aromatic carbocycles. The Morgan fingerprint density at radius 3 is 2.54 bits per heavy atom. The van der Waals surface area contributed by atoms with Gasteiger partial charge in [-0.1, -0.05) is 18.2 Å². The lowest BCUT2D eigenvalue weighted by Gasteiger charge is -2.25. The lowest BCUT2D eigenvalue weighted by molar-refractivity contribution is 0.414. The number of aromatic nitrogens is 4. The maximum atomic E-state index is 6.69. The number of fused-ring (bicyclic) bond motifs is 1. The molecule has 9 nitrogen and oxygen atoms in total. The number of nitrogen functional groups attached to an aromatic ring is 2. The fourth-order valence-electron chi connectivity index (χ4n) is 4.36. The van der Waals surface area contributed by atoms with E-state index in [1.54, 1.807) is 13.3 Å². The second-order valence-electron chi connectivity index (χ2n) is 9.33. The Hall–Kier alpha value is -3.85. The highest BCUT2D eigenvalue weighted by Gasteiger charge is 2.28. The second kappa shape index (κ2) is 9.07. The Morgan fingerprint density at radius 1 is 1.06 bits per heavy atom. The minimum Gasteiger partial charge on any atom is -0.494 e. The first-order chi connectivity index (χ1) is 16.9. The topological polar surface area (TPSA) is 111 Å². The average Bonchev–Trinajstić information content (AvgIpc) is 3.63. The molecule has 0 amide bonds. The molecule has 1 fully saturated rings. The molecule has 4 N–H and O–H groups in total. The molecule has 5 rings (SSSR count). The Balaban J connectivity index is 1.62. The first-order valence-electron chi connectivity index (χ1n) is 11.8. The maximum absolute atomic E-state index is 6.69. The van der Waals surface area contributed by atoms with Crippen LogP contribution in [0.3, 0.4) is 0 Å². The molecule has 0 spiro atoms. The van der Waals surface area contributed by atoms with Gasteiger partial charge in [0.1, 0.15) is 11.4 Å². The van der Waals surface area contributed by atoms with E-state index in [9.17, 15) is 0 Å². The van der Waals surface area contributed by atoms with Crippen molar-refractivity contribution in [2.75, 3.05) is 57.7 Å². The number of anilines is 3. The summed E-state index contributed by atoms with van der Waals surface area (Å²) in [5.41, 5.74) is 18.2. The molecule has 1 saturated carbocycles. The molecule has 0 bridgehead atoms. The molecule has 0 radical (unpaired) electrons. The van der Waals surface area contributed by atoms with Gasteiger partial charge in [0, 0.05) is 37.8 Å². The highest BCUT2D eigenvalue weighted by molar-refractivity contribution is 5.96. The van der Waals surface area contributed by atoms with Gasteiger partial charge in [-0.15, -0.1) is 0 Å². The number of likely N-dealkylation sites (N-methyl/N-ethyl adjacent to an activating group) is 2. The number of rotatable bonds is 8. The molecule has 4 aromatic rings. The third kappa shape index (κ3) is 4.23. The van der Waals surface area contributed by atoms with Crippen LogP contribution in [-0.4, -0.2) is 66.0 Å². The predicted octanol–water partition coefficient (Wildman–Crippen LogP) is 3.67. The largest absolute Gasteiger partial charge is 0.494 e. The number of methoxy groups -OCH3 is 1. The smallest absolute Gasteiger partial charge is 0.164 e. The van der Waals surface area contributed by atoms with Crippen molar-refractivity contribution in [3.63, 3.8) is 0 Å². The highest BCUT2D eigenvalue weighted by Crippen LogP contribution is 2.44. The van der Waals surface area contributed by atoms with Crippen molar-refractivity contribution in [2.24, 2.45) is 0 Å². The van der Waals surface area contributed by atoms with E-state index >= 15 is 0 Å². The zero-order chi connectivity index (χ0) is 24.7. The lowest BCUT2D eigenvalue weighted by Crippen LogP contribution is -2.29. The summed E-state index contributed by atoms with van der Waals surface area (Å²) in [6.07, 6.45) is 4.04. The highest BCUT2D eigenvalue weighted by atomic mass is 16.5. The summed E-state index contributed by atoms with van der Waals surface area (Å²) >= 11 is 0. The van der Waals surface area contributed by atoms with Crippen molar-refractivity contribution in [1.82, 2.24) is 24.6 Å². The lowest BCUT2D eigenvalue weighted by atomic mass is 10.1. The van der Waals surface area contributed by atoms with Gasteiger partial charge in [-0.05, 0) is 39.1 Å². The van der Waals surface area contributed by atoms with Crippen LogP contribution in [0, 0.1) is 0 Å². The Morgan fingerprint density at radius 2 is 1.83 bits per heavy atom. The van der Waals surface area contributed by atoms with E-state index in [0.29, 0.717) is 34.6 Å². The SMILES string of the molecule is COc1cc(N(C)CCN(C)C)c(N)c(-c2nccc(-c3nn(C4CC4)c4ccccc34)n2)c1N. The van der Waals surface area contributed by atoms with Crippen LogP contribution in [-0.2, 0) is 0 Å². The number of para-hydroxylation sites is 1. The number of nitrogens with zero attached hydrogens (tertiary/aromatic N) is 6. The van der Waals surface area contributed by atoms with E-state index in [2.05, 4.69) is 31.6 Å². The zero-order valence-electron chi connectivity index (χ0n) is 20.7. The number of hydrogen-bond acceptors (Lipinski definition) is 8. The number of benzene rings is 2. The molecule has 1 aliphatic carbocycles. The van der Waals surface area contributed by atoms with Gasteiger partial charge in [-0.2, -0.15) is 5.10 Å². The minimum atomic E-state index is 0.417. The van der Waals surface area contributed by atoms with Gasteiger partial charge in [0.25, 0.3) is 0 Å². The molecular weight excluding hydrogens is 440 g/mol. The van der Waals surface area contributed by atoms with Gasteiger partial charge < -0.3 is 26.0 Å². The van der Waals surface area contributed by atoms with Crippen LogP contribution in [0.1, 0.15) is 18.9 Å². The van der Waals surface area contributed by atoms with E-state index in [0.717, 1.165) is 53.9 Å². The molecule has 2 heterocycles. The van der Waals surface area contributed by atoms with E-state index in [4.69, 9.17) is 26.3 Å². The first-order valence-corrected chi connectivity index (χ1v) is 11.8. The molecule has 0 unspecified atom stereocenters. The van der Waals surface area contributed by atoms with E-state index in [1.165, 1.54) is 0 Å². The molecule has 35 heavy (non-hydrogen) atoms. The van der Waals surface area contributed by atoms with Crippen molar-refractivity contribution in [2.45, 2.75) is 18.9 Å². The molecule has 0 atom stereocenters. The zero-order valence-corrected chi connectivity index (χ0v) is 20.7. The average molecular weight is 473 g/mol. The summed E-state index contributed by atoms with van der Waals surface area (Å²) in [6.45, 7) is 1.66. The van der Waals surface area contributed by atoms with Crippen LogP contribution in [0.2, 0.25) is 0 Å². The number of nitrogens with two attached hydrogens (primary N) is 2. The van der Waals surface area contributed by atoms with Crippen LogP contribution in [0.25, 0.3) is 33.7 Å². The van der Waals surface area contributed by atoms with Crippen molar-refractivity contribution < 1.29 is 4.74 Å². The Labute approximate surface area is 205 Å². The van der Waals surface area contributed by atoms with Crippen LogP contribution in [0.15, 0.2) is 42.6 Å². The van der Waals surface area contributed by atoms with Gasteiger partial charge in [-0.3, -0.25) is 4.68 Å². The summed E-state index contributed by atoms with van der Waals surface area (Å²) in [7, 11) is 7.69. The van der Waals surface area contributed by atoms with Crippen LogP contribution in [0.4, 0.5) is 17.1 Å². The summed E-state index contributed by atoms with van der Waals surface area (Å²) in [6, 6.07) is 12.5. The van der Waals surface area contributed by atoms with Gasteiger partial charge in [-0.25, -0.2) is 9.97 Å². The summed E-state index contributed by atoms with van der Waals surface area (Å²) in [5, 5.41) is 6.02. The third-order valence-electron chi connectivity index (χ3n) is 6.49. The standard InChI is InChI=1S/C26H32N8O/c1-32(2)13-14-33(3)20-15-21(35-4)24(28)22(23(20)27)26-29-12-11-18(30-26)25-17-7-5-6-8-19(17)34(31-25)16-9-10-16/h5-8,11-12,15-16H,9-10,13-14,27-28H2,1-4H3. The molecule has 0 saturated heterocycles. The Bertz CT molecular complexity index is 1380. The van der Waals surface area contributed by atoms with E-state index in [1.807, 2.05) is 45.4 Å². The molecular formula is C26H32N8O. The van der Waals surface area contributed by atoms with Gasteiger partial charge in [0.05, 0.1) is 47.0 Å². The third-order valence-corrected chi connectivity index (χ3v) is 6.49. The molecule has 9 heteroatoms. The molecule has 182 valence electrons. The fourth-order valence-corrected chi connectivity index (χ4v) is 4.36. The molecule has 0 aliphatic heterocycles. The van der Waals surface area contributed by atoms with Crippen molar-refractivity contribution in [3.05, 3.63) is 42.6 Å². The van der Waals surface area contributed by atoms with Crippen molar-refractivity contribution in [3.8, 4) is 28.5 Å². The van der Waals surface area contributed by atoms with E-state index < -0.39 is 0 Å². The van der Waals surface area contributed by atoms with Crippen LogP contribution in [0.5, 0.6) is 5.75 Å². The summed E-state index contributed by atoms with van der Waals surface area (Å²) < 4.78 is 7.72. The second-order valence-corrected chi connectivity index (χ2v) is 9.33. The summed E-state index contributed by atoms with van der Waals surface area (Å²) in [4.78, 5) is 13.7. The molecule has 2 aromatic heterocycles. The van der Waals surface area contributed by atoms with Crippen LogP contribution < -0.4 is 21.1 Å². The fraction of sp³-hybridized carbons (Fsp3) is 0.346. The van der Waals surface area contributed by atoms with Gasteiger partial charge >= 0.3 is 0 Å². The molecule has 1 aliphatic rings. The number of ether oxygens (including phenoxy) is 1. The van der Waals surface area contributed by atoms with Gasteiger partial charge in [0.15, 0.2) is 5.82 Å². The Kier molecular flexibility index (Phi) is 5.94. The summed E-state index contributed by atoms with van der Waals surface area (Å²) in [5.74, 6) is 0.988. The quantitative estimate of drug-likeness (QED) is 0.374. The monoisotopic (exact) mass is 472 g/mol. The van der Waals surface area contributed by atoms with Gasteiger partial charge in [0.2, 0.25) is 0 Å². The normalized spacial score (nSPS) is 13.5.